The van der Waals surface area contributed by atoms with E-state index in [1.54, 1.807) is 26.1 Å². The minimum Gasteiger partial charge on any atom is -0.447 e. The van der Waals surface area contributed by atoms with Crippen LogP contribution >= 0.6 is 11.3 Å². The average molecular weight is 484 g/mol. The smallest absolute Gasteiger partial charge is 0.411 e. The topological polar surface area (TPSA) is 54.5 Å². The number of aromatic nitrogens is 1. The van der Waals surface area contributed by atoms with Gasteiger partial charge in [0.2, 0.25) is 0 Å². The van der Waals surface area contributed by atoms with Crippen molar-refractivity contribution in [2.24, 2.45) is 5.41 Å². The van der Waals surface area contributed by atoms with Crippen molar-refractivity contribution in [1.82, 2.24) is 15.2 Å². The maximum absolute atomic E-state index is 15.7. The van der Waals surface area contributed by atoms with Gasteiger partial charge in [-0.15, -0.1) is 11.3 Å². The molecule has 0 bridgehead atoms. The van der Waals surface area contributed by atoms with E-state index < -0.39 is 29.2 Å². The molecular weight excluding hydrogens is 451 g/mol. The molecule has 0 saturated carbocycles. The highest BCUT2D eigenvalue weighted by atomic mass is 32.1. The number of amides is 1. The molecule has 2 aromatic rings. The Morgan fingerprint density at radius 3 is 2.61 bits per heavy atom. The van der Waals surface area contributed by atoms with Crippen LogP contribution in [-0.2, 0) is 16.7 Å². The van der Waals surface area contributed by atoms with E-state index in [-0.39, 0.29) is 24.5 Å². The molecule has 1 aliphatic heterocycles. The Morgan fingerprint density at radius 1 is 1.30 bits per heavy atom. The fourth-order valence-electron chi connectivity index (χ4n) is 4.33. The number of hydrogen-bond donors (Lipinski definition) is 1. The fraction of sp³-hybridized carbons (Fsp3) is 0.583. The van der Waals surface area contributed by atoms with Crippen molar-refractivity contribution in [2.45, 2.75) is 71.6 Å². The van der Waals surface area contributed by atoms with Crippen LogP contribution in [0.1, 0.15) is 56.7 Å². The van der Waals surface area contributed by atoms with Crippen molar-refractivity contribution >= 4 is 17.4 Å². The molecule has 1 N–H and O–H groups in total. The van der Waals surface area contributed by atoms with E-state index in [1.165, 1.54) is 6.07 Å². The van der Waals surface area contributed by atoms with Gasteiger partial charge in [0.1, 0.15) is 0 Å². The zero-order valence-electron chi connectivity index (χ0n) is 19.8. The van der Waals surface area contributed by atoms with Gasteiger partial charge in [-0.25, -0.2) is 4.79 Å². The second-order valence-corrected chi connectivity index (χ2v) is 10.7. The van der Waals surface area contributed by atoms with E-state index in [4.69, 9.17) is 4.74 Å². The quantitative estimate of drug-likeness (QED) is 0.477. The van der Waals surface area contributed by atoms with Crippen molar-refractivity contribution in [3.8, 4) is 0 Å². The number of nitrogens with zero attached hydrogens (tertiary/aromatic N) is 2. The molecule has 0 aliphatic carbocycles. The minimum absolute atomic E-state index is 0.0662. The molecule has 33 heavy (non-hydrogen) atoms. The number of alkyl carbamates (subject to hydrolysis) is 1. The highest BCUT2D eigenvalue weighted by molar-refractivity contribution is 7.10. The van der Waals surface area contributed by atoms with E-state index in [2.05, 4.69) is 4.98 Å². The van der Waals surface area contributed by atoms with Crippen LogP contribution in [0, 0.1) is 17.5 Å². The Balaban J connectivity index is 1.87. The molecule has 1 atom stereocenters. The van der Waals surface area contributed by atoms with Gasteiger partial charge in [-0.3, -0.25) is 15.2 Å². The molecule has 3 heterocycles. The predicted octanol–water partition coefficient (Wildman–Crippen LogP) is 5.88. The summed E-state index contributed by atoms with van der Waals surface area (Å²) < 4.78 is 49.8. The monoisotopic (exact) mass is 483 g/mol. The lowest BCUT2D eigenvalue weighted by atomic mass is 9.79. The molecule has 0 radical (unpaired) electrons. The first-order chi connectivity index (χ1) is 15.3. The number of likely N-dealkylation sites (tertiary alicyclic amines) is 1. The number of carbonyl (C=O) groups excluding carboxylic acids is 1. The van der Waals surface area contributed by atoms with Gasteiger partial charge in [0, 0.05) is 28.9 Å². The highest BCUT2D eigenvalue weighted by Crippen LogP contribution is 2.49. The number of hydrogen-bond acceptors (Lipinski definition) is 5. The maximum Gasteiger partial charge on any atom is 0.411 e. The number of carbonyl (C=O) groups is 1. The first-order valence-electron chi connectivity index (χ1n) is 11.1. The fourth-order valence-corrected chi connectivity index (χ4v) is 5.06. The Morgan fingerprint density at radius 2 is 2.03 bits per heavy atom. The summed E-state index contributed by atoms with van der Waals surface area (Å²) in [5.74, 6) is 0. The first-order valence-corrected chi connectivity index (χ1v) is 12.0. The molecule has 1 amide bonds. The first kappa shape index (κ1) is 25.5. The number of thiophene rings is 1. The Kier molecular flexibility index (Phi) is 7.43. The lowest BCUT2D eigenvalue weighted by Crippen LogP contribution is -2.56. The normalized spacial score (nSPS) is 19.8. The number of ether oxygens (including phenoxy) is 1. The number of aryl methyl sites for hydroxylation is 2. The van der Waals surface area contributed by atoms with E-state index in [9.17, 15) is 9.18 Å². The standard InChI is InChI=1S/C24H32F3N3O2S/c1-16(2)32-21(31)29-24(26,27)23(11-10-19-8-9-20(25)33-19)12-13-30(15-23)22(4,5)18-7-6-17(3)28-14-18/h6-9,14,16H,10-13,15H2,1-5H3,(H,29,31)/t23-/m1/s1. The third-order valence-corrected chi connectivity index (χ3v) is 7.44. The number of nitrogens with one attached hydrogen (secondary N) is 1. The molecule has 2 aromatic heterocycles. The summed E-state index contributed by atoms with van der Waals surface area (Å²) in [5.41, 5.74) is -0.252. The molecule has 1 aliphatic rings. The minimum atomic E-state index is -3.51. The van der Waals surface area contributed by atoms with Crippen LogP contribution in [-0.4, -0.2) is 41.2 Å². The highest BCUT2D eigenvalue weighted by Gasteiger charge is 2.59. The zero-order chi connectivity index (χ0) is 24.4. The van der Waals surface area contributed by atoms with Gasteiger partial charge in [-0.1, -0.05) is 6.07 Å². The summed E-state index contributed by atoms with van der Waals surface area (Å²) in [5, 5.41) is 1.48. The van der Waals surface area contributed by atoms with Crippen LogP contribution in [0.5, 0.6) is 0 Å². The Bertz CT molecular complexity index is 962. The molecule has 0 unspecified atom stereocenters. The predicted molar refractivity (Wildman–Crippen MR) is 123 cm³/mol. The second-order valence-electron chi connectivity index (χ2n) is 9.56. The summed E-state index contributed by atoms with van der Waals surface area (Å²) in [4.78, 5) is 19.2. The van der Waals surface area contributed by atoms with Gasteiger partial charge in [-0.2, -0.15) is 13.2 Å². The molecule has 1 saturated heterocycles. The van der Waals surface area contributed by atoms with Crippen LogP contribution in [0.25, 0.3) is 0 Å². The number of alkyl halides is 2. The summed E-state index contributed by atoms with van der Waals surface area (Å²) in [7, 11) is 0. The SMILES string of the molecule is Cc1ccc(C(C)(C)N2CC[C@@](CCc3ccc(F)s3)(C(F)(F)NC(=O)OC(C)C)C2)cn1. The van der Waals surface area contributed by atoms with Crippen LogP contribution in [0.3, 0.4) is 0 Å². The van der Waals surface area contributed by atoms with Gasteiger partial charge in [-0.05, 0) is 84.2 Å². The molecule has 3 rings (SSSR count). The zero-order valence-corrected chi connectivity index (χ0v) is 20.6. The van der Waals surface area contributed by atoms with E-state index in [1.807, 2.05) is 43.1 Å². The van der Waals surface area contributed by atoms with Gasteiger partial charge in [0.05, 0.1) is 11.5 Å². The number of halogens is 3. The van der Waals surface area contributed by atoms with Crippen molar-refractivity contribution in [2.75, 3.05) is 13.1 Å². The lowest BCUT2D eigenvalue weighted by molar-refractivity contribution is -0.144. The molecular formula is C24H32F3N3O2S. The summed E-state index contributed by atoms with van der Waals surface area (Å²) in [6, 6.07) is 3.33. The largest absolute Gasteiger partial charge is 0.447 e. The molecule has 0 aromatic carbocycles. The molecule has 182 valence electrons. The van der Waals surface area contributed by atoms with E-state index in [0.717, 1.165) is 22.6 Å². The maximum atomic E-state index is 15.7. The third-order valence-electron chi connectivity index (χ3n) is 6.51. The molecule has 0 spiro atoms. The lowest BCUT2D eigenvalue weighted by Gasteiger charge is -2.41. The van der Waals surface area contributed by atoms with Crippen LogP contribution in [0.2, 0.25) is 0 Å². The van der Waals surface area contributed by atoms with E-state index >= 15 is 8.78 Å². The van der Waals surface area contributed by atoms with Crippen molar-refractivity contribution < 1.29 is 22.7 Å². The molecule has 1 fully saturated rings. The van der Waals surface area contributed by atoms with Gasteiger partial charge < -0.3 is 4.74 Å². The van der Waals surface area contributed by atoms with E-state index in [0.29, 0.717) is 17.8 Å². The summed E-state index contributed by atoms with van der Waals surface area (Å²) >= 11 is 0.962. The molecule has 9 heteroatoms. The van der Waals surface area contributed by atoms with Gasteiger partial charge in [0.25, 0.3) is 0 Å². The van der Waals surface area contributed by atoms with Gasteiger partial charge >= 0.3 is 12.1 Å². The Labute approximate surface area is 197 Å². The second kappa shape index (κ2) is 9.62. The van der Waals surface area contributed by atoms with Crippen molar-refractivity contribution in [3.63, 3.8) is 0 Å². The van der Waals surface area contributed by atoms with Gasteiger partial charge in [0.15, 0.2) is 5.13 Å². The summed E-state index contributed by atoms with van der Waals surface area (Å²) in [6.45, 7) is 9.58. The Hall–Kier alpha value is -2.13. The van der Waals surface area contributed by atoms with Crippen LogP contribution in [0.15, 0.2) is 30.5 Å². The van der Waals surface area contributed by atoms with Crippen molar-refractivity contribution in [3.05, 3.63) is 51.7 Å². The van der Waals surface area contributed by atoms with Crippen molar-refractivity contribution in [1.29, 1.82) is 0 Å². The average Bonchev–Trinajstić information content (AvgIpc) is 3.33. The number of rotatable bonds is 8. The number of pyridine rings is 1. The summed E-state index contributed by atoms with van der Waals surface area (Å²) in [6.07, 6.45) is 0.695. The van der Waals surface area contributed by atoms with Crippen LogP contribution in [0.4, 0.5) is 18.0 Å². The molecule has 5 nitrogen and oxygen atoms in total. The van der Waals surface area contributed by atoms with Crippen LogP contribution < -0.4 is 5.32 Å². The third kappa shape index (κ3) is 5.69.